The molecule has 1 saturated heterocycles. The van der Waals surface area contributed by atoms with Crippen molar-refractivity contribution in [2.24, 2.45) is 29.1 Å². The van der Waals surface area contributed by atoms with Crippen molar-refractivity contribution in [3.63, 3.8) is 0 Å². The number of hydrogen-bond donors (Lipinski definition) is 0. The van der Waals surface area contributed by atoms with Gasteiger partial charge in [0.25, 0.3) is 0 Å². The number of rotatable bonds is 2. The second-order valence-electron chi connectivity index (χ2n) is 7.30. The minimum absolute atomic E-state index is 0.665. The Morgan fingerprint density at radius 3 is 2.53 bits per heavy atom. The van der Waals surface area contributed by atoms with Gasteiger partial charge < -0.3 is 0 Å². The summed E-state index contributed by atoms with van der Waals surface area (Å²) in [6, 6.07) is 0. The van der Waals surface area contributed by atoms with Gasteiger partial charge in [0.15, 0.2) is 0 Å². The molecule has 0 aromatic rings. The summed E-state index contributed by atoms with van der Waals surface area (Å²) < 4.78 is 0. The van der Waals surface area contributed by atoms with E-state index in [9.17, 15) is 0 Å². The Kier molecular flexibility index (Phi) is 3.05. The topological polar surface area (TPSA) is 0 Å². The summed E-state index contributed by atoms with van der Waals surface area (Å²) in [5.74, 6) is 3.98. The first-order chi connectivity index (χ1) is 8.04. The van der Waals surface area contributed by atoms with E-state index >= 15 is 0 Å². The second-order valence-corrected chi connectivity index (χ2v) is 8.86. The summed E-state index contributed by atoms with van der Waals surface area (Å²) in [5, 5.41) is 1.85. The molecule has 1 heterocycles. The van der Waals surface area contributed by atoms with Crippen molar-refractivity contribution in [1.29, 1.82) is 0 Å². The molecular formula is C16H28S. The smallest absolute Gasteiger partial charge is 0.0109 e. The lowest BCUT2D eigenvalue weighted by Gasteiger charge is -2.51. The lowest BCUT2D eigenvalue weighted by atomic mass is 9.66. The van der Waals surface area contributed by atoms with Crippen molar-refractivity contribution < 1.29 is 0 Å². The lowest BCUT2D eigenvalue weighted by Crippen LogP contribution is -2.47. The van der Waals surface area contributed by atoms with Crippen molar-refractivity contribution in [1.82, 2.24) is 0 Å². The molecule has 0 spiro atoms. The van der Waals surface area contributed by atoms with E-state index in [1.807, 2.05) is 0 Å². The normalized spacial score (nSPS) is 52.2. The van der Waals surface area contributed by atoms with Crippen LogP contribution in [0.2, 0.25) is 0 Å². The molecule has 2 aliphatic carbocycles. The average molecular weight is 252 g/mol. The highest BCUT2D eigenvalue weighted by molar-refractivity contribution is 8.00. The van der Waals surface area contributed by atoms with E-state index in [1.165, 1.54) is 32.1 Å². The van der Waals surface area contributed by atoms with Gasteiger partial charge in [-0.3, -0.25) is 0 Å². The highest BCUT2D eigenvalue weighted by Crippen LogP contribution is 2.61. The van der Waals surface area contributed by atoms with E-state index in [4.69, 9.17) is 0 Å². The second kappa shape index (κ2) is 4.18. The van der Waals surface area contributed by atoms with Crippen molar-refractivity contribution in [2.45, 2.75) is 70.3 Å². The molecule has 0 aromatic heterocycles. The van der Waals surface area contributed by atoms with Crippen LogP contribution in [0.15, 0.2) is 0 Å². The van der Waals surface area contributed by atoms with Crippen LogP contribution in [-0.2, 0) is 0 Å². The van der Waals surface area contributed by atoms with Crippen LogP contribution in [0.1, 0.15) is 59.8 Å². The predicted octanol–water partition coefficient (Wildman–Crippen LogP) is 4.98. The molecule has 3 aliphatic rings. The van der Waals surface area contributed by atoms with Gasteiger partial charge in [0.2, 0.25) is 0 Å². The van der Waals surface area contributed by atoms with Crippen LogP contribution in [-0.4, -0.2) is 10.5 Å². The third kappa shape index (κ3) is 1.88. The van der Waals surface area contributed by atoms with Gasteiger partial charge >= 0.3 is 0 Å². The first-order valence-corrected chi connectivity index (χ1v) is 8.64. The molecule has 1 aliphatic heterocycles. The van der Waals surface area contributed by atoms with E-state index in [1.54, 1.807) is 0 Å². The molecule has 0 bridgehead atoms. The highest BCUT2D eigenvalue weighted by atomic mass is 32.2. The van der Waals surface area contributed by atoms with Gasteiger partial charge in [-0.05, 0) is 54.8 Å². The molecule has 2 saturated carbocycles. The fourth-order valence-electron chi connectivity index (χ4n) is 4.86. The van der Waals surface area contributed by atoms with Gasteiger partial charge in [0, 0.05) is 10.5 Å². The fraction of sp³-hybridized carbons (Fsp3) is 1.00. The monoisotopic (exact) mass is 252 g/mol. The summed E-state index contributed by atoms with van der Waals surface area (Å²) >= 11 is 2.35. The number of fused-ring (bicyclic) bond motifs is 1. The molecule has 3 fully saturated rings. The average Bonchev–Trinajstić information content (AvgIpc) is 3.06. The Bertz CT molecular complexity index is 296. The van der Waals surface area contributed by atoms with Crippen LogP contribution in [0.3, 0.4) is 0 Å². The summed E-state index contributed by atoms with van der Waals surface area (Å²) in [6.45, 7) is 10.2. The Labute approximate surface area is 111 Å². The van der Waals surface area contributed by atoms with E-state index in [0.717, 1.165) is 34.2 Å². The van der Waals surface area contributed by atoms with Crippen molar-refractivity contribution in [2.75, 3.05) is 0 Å². The zero-order valence-corrected chi connectivity index (χ0v) is 12.7. The van der Waals surface area contributed by atoms with Gasteiger partial charge in [-0.15, -0.1) is 0 Å². The molecule has 0 amide bonds. The first-order valence-electron chi connectivity index (χ1n) is 7.69. The summed E-state index contributed by atoms with van der Waals surface area (Å²) in [6.07, 6.45) is 7.51. The maximum absolute atomic E-state index is 2.61. The van der Waals surface area contributed by atoms with Gasteiger partial charge in [0.05, 0.1) is 0 Å². The minimum Gasteiger partial charge on any atom is -0.155 e. The zero-order chi connectivity index (χ0) is 12.2. The molecule has 6 unspecified atom stereocenters. The standard InChI is InChI=1S/C16H28S/c1-10(13-7-8-13)15-11(2)16(4)9-5-6-14(16)12(3)17-15/h10-15H,5-9H2,1-4H3. The third-order valence-corrected chi connectivity index (χ3v) is 8.34. The summed E-state index contributed by atoms with van der Waals surface area (Å²) in [4.78, 5) is 0. The number of thioether (sulfide) groups is 1. The lowest BCUT2D eigenvalue weighted by molar-refractivity contribution is 0.105. The van der Waals surface area contributed by atoms with E-state index in [0.29, 0.717) is 5.41 Å². The molecule has 17 heavy (non-hydrogen) atoms. The Hall–Kier alpha value is 0.350. The van der Waals surface area contributed by atoms with Crippen molar-refractivity contribution >= 4 is 11.8 Å². The summed E-state index contributed by atoms with van der Waals surface area (Å²) in [5.41, 5.74) is 0.665. The first kappa shape index (κ1) is 12.4. The quantitative estimate of drug-likeness (QED) is 0.668. The van der Waals surface area contributed by atoms with Crippen LogP contribution < -0.4 is 0 Å². The minimum atomic E-state index is 0.665. The molecule has 98 valence electrons. The molecule has 3 rings (SSSR count). The maximum atomic E-state index is 2.61. The summed E-state index contributed by atoms with van der Waals surface area (Å²) in [7, 11) is 0. The SMILES string of the molecule is CC1SC(C(C)C2CC2)C(C)C2(C)CCCC12. The maximum Gasteiger partial charge on any atom is 0.0109 e. The Morgan fingerprint density at radius 2 is 1.88 bits per heavy atom. The van der Waals surface area contributed by atoms with Gasteiger partial charge in [0.1, 0.15) is 0 Å². The van der Waals surface area contributed by atoms with E-state index < -0.39 is 0 Å². The fourth-order valence-corrected chi connectivity index (χ4v) is 7.01. The highest BCUT2D eigenvalue weighted by Gasteiger charge is 2.53. The van der Waals surface area contributed by atoms with E-state index in [2.05, 4.69) is 39.5 Å². The number of hydrogen-bond acceptors (Lipinski definition) is 1. The molecule has 0 nitrogen and oxygen atoms in total. The van der Waals surface area contributed by atoms with E-state index in [-0.39, 0.29) is 0 Å². The van der Waals surface area contributed by atoms with Crippen LogP contribution >= 0.6 is 11.8 Å². The molecule has 6 atom stereocenters. The van der Waals surface area contributed by atoms with Crippen LogP contribution in [0.4, 0.5) is 0 Å². The Morgan fingerprint density at radius 1 is 1.18 bits per heavy atom. The van der Waals surface area contributed by atoms with Crippen molar-refractivity contribution in [3.05, 3.63) is 0 Å². The van der Waals surface area contributed by atoms with Crippen LogP contribution in [0, 0.1) is 29.1 Å². The molecular weight excluding hydrogens is 224 g/mol. The third-order valence-electron chi connectivity index (χ3n) is 6.43. The molecule has 0 aromatic carbocycles. The van der Waals surface area contributed by atoms with Gasteiger partial charge in [-0.2, -0.15) is 11.8 Å². The van der Waals surface area contributed by atoms with Crippen molar-refractivity contribution in [3.8, 4) is 0 Å². The predicted molar refractivity (Wildman–Crippen MR) is 77.3 cm³/mol. The Balaban J connectivity index is 1.82. The van der Waals surface area contributed by atoms with Gasteiger partial charge in [-0.25, -0.2) is 0 Å². The molecule has 0 radical (unpaired) electrons. The van der Waals surface area contributed by atoms with Gasteiger partial charge in [-0.1, -0.05) is 34.1 Å². The zero-order valence-electron chi connectivity index (χ0n) is 11.9. The largest absolute Gasteiger partial charge is 0.155 e. The molecule has 1 heteroatoms. The van der Waals surface area contributed by atoms with Crippen LogP contribution in [0.5, 0.6) is 0 Å². The molecule has 0 N–H and O–H groups in total. The van der Waals surface area contributed by atoms with Crippen LogP contribution in [0.25, 0.3) is 0 Å².